The van der Waals surface area contributed by atoms with Crippen LogP contribution in [0.1, 0.15) is 37.8 Å². The highest BCUT2D eigenvalue weighted by Crippen LogP contribution is 2.38. The molecule has 4 atom stereocenters. The van der Waals surface area contributed by atoms with Crippen molar-refractivity contribution in [2.45, 2.75) is 38.3 Å². The molecule has 4 unspecified atom stereocenters. The van der Waals surface area contributed by atoms with Crippen LogP contribution >= 0.6 is 0 Å². The fraction of sp³-hybridized carbons (Fsp3) is 0.625. The molecular formula is C16H23N3O. The number of amides is 1. The summed E-state index contributed by atoms with van der Waals surface area (Å²) in [5, 5.41) is 3.44. The first kappa shape index (κ1) is 13.6. The molecule has 4 nitrogen and oxygen atoms in total. The van der Waals surface area contributed by atoms with Gasteiger partial charge in [-0.05, 0) is 55.8 Å². The van der Waals surface area contributed by atoms with Crippen molar-refractivity contribution in [3.05, 3.63) is 30.1 Å². The van der Waals surface area contributed by atoms with Crippen LogP contribution in [-0.2, 0) is 4.79 Å². The van der Waals surface area contributed by atoms with Crippen LogP contribution in [0.5, 0.6) is 0 Å². The number of nitrogens with zero attached hydrogens (tertiary/aromatic N) is 2. The Kier molecular flexibility index (Phi) is 3.74. The third-order valence-corrected chi connectivity index (χ3v) is 5.13. The average Bonchev–Trinajstić information content (AvgIpc) is 3.08. The number of carbonyl (C=O) groups is 1. The number of hydrogen-bond acceptors (Lipinski definition) is 3. The molecule has 2 aliphatic rings. The maximum absolute atomic E-state index is 12.8. The Bertz CT molecular complexity index is 476. The third kappa shape index (κ3) is 2.33. The molecule has 1 amide bonds. The second kappa shape index (κ2) is 5.52. The summed E-state index contributed by atoms with van der Waals surface area (Å²) in [6, 6.07) is 4.08. The molecule has 1 aromatic heterocycles. The zero-order valence-corrected chi connectivity index (χ0v) is 12.2. The zero-order chi connectivity index (χ0) is 14.1. The predicted octanol–water partition coefficient (Wildman–Crippen LogP) is 1.99. The summed E-state index contributed by atoms with van der Waals surface area (Å²) in [6.45, 7) is 3.09. The van der Waals surface area contributed by atoms with Gasteiger partial charge in [-0.25, -0.2) is 0 Å². The van der Waals surface area contributed by atoms with Crippen molar-refractivity contribution in [2.75, 3.05) is 13.6 Å². The van der Waals surface area contributed by atoms with Crippen molar-refractivity contribution in [1.82, 2.24) is 15.2 Å². The van der Waals surface area contributed by atoms with Gasteiger partial charge in [-0.15, -0.1) is 0 Å². The SMILES string of the molecule is CC(c1ccncc1)N(C)C(=O)C1NCC2CCCC21. The number of hydrogen-bond donors (Lipinski definition) is 1. The van der Waals surface area contributed by atoms with Crippen molar-refractivity contribution in [2.24, 2.45) is 11.8 Å². The lowest BCUT2D eigenvalue weighted by molar-refractivity contribution is -0.134. The van der Waals surface area contributed by atoms with Crippen LogP contribution in [0.15, 0.2) is 24.5 Å². The van der Waals surface area contributed by atoms with Crippen LogP contribution in [-0.4, -0.2) is 35.4 Å². The van der Waals surface area contributed by atoms with Gasteiger partial charge in [0, 0.05) is 19.4 Å². The summed E-state index contributed by atoms with van der Waals surface area (Å²) in [5.41, 5.74) is 1.14. The van der Waals surface area contributed by atoms with Crippen LogP contribution in [0.3, 0.4) is 0 Å². The fourth-order valence-electron chi connectivity index (χ4n) is 3.73. The highest BCUT2D eigenvalue weighted by Gasteiger charge is 2.43. The standard InChI is InChI=1S/C16H23N3O/c1-11(12-6-8-17-9-7-12)19(2)16(20)15-14-5-3-4-13(14)10-18-15/h6-9,11,13-15,18H,3-5,10H2,1-2H3. The number of carbonyl (C=O) groups excluding carboxylic acids is 1. The van der Waals surface area contributed by atoms with E-state index < -0.39 is 0 Å². The van der Waals surface area contributed by atoms with E-state index in [4.69, 9.17) is 0 Å². The molecule has 0 bridgehead atoms. The van der Waals surface area contributed by atoms with Crippen LogP contribution in [0.2, 0.25) is 0 Å². The molecule has 1 saturated heterocycles. The first-order chi connectivity index (χ1) is 9.68. The van der Waals surface area contributed by atoms with Gasteiger partial charge >= 0.3 is 0 Å². The molecule has 1 aliphatic heterocycles. The van der Waals surface area contributed by atoms with Gasteiger partial charge in [-0.3, -0.25) is 9.78 Å². The number of rotatable bonds is 3. The molecule has 3 rings (SSSR count). The van der Waals surface area contributed by atoms with Crippen LogP contribution < -0.4 is 5.32 Å². The minimum Gasteiger partial charge on any atom is -0.338 e. The summed E-state index contributed by atoms with van der Waals surface area (Å²) >= 11 is 0. The van der Waals surface area contributed by atoms with E-state index in [-0.39, 0.29) is 18.0 Å². The molecule has 20 heavy (non-hydrogen) atoms. The first-order valence-electron chi connectivity index (χ1n) is 7.58. The molecule has 1 aliphatic carbocycles. The Hall–Kier alpha value is -1.42. The third-order valence-electron chi connectivity index (χ3n) is 5.13. The van der Waals surface area contributed by atoms with Crippen molar-refractivity contribution in [1.29, 1.82) is 0 Å². The van der Waals surface area contributed by atoms with E-state index in [2.05, 4.69) is 17.2 Å². The molecule has 1 aromatic rings. The molecule has 108 valence electrons. The second-order valence-corrected chi connectivity index (χ2v) is 6.15. The van der Waals surface area contributed by atoms with E-state index in [9.17, 15) is 4.79 Å². The highest BCUT2D eigenvalue weighted by molar-refractivity contribution is 5.83. The topological polar surface area (TPSA) is 45.2 Å². The smallest absolute Gasteiger partial charge is 0.240 e. The van der Waals surface area contributed by atoms with E-state index in [0.29, 0.717) is 11.8 Å². The van der Waals surface area contributed by atoms with Gasteiger partial charge in [0.2, 0.25) is 5.91 Å². The molecule has 0 radical (unpaired) electrons. The van der Waals surface area contributed by atoms with Gasteiger partial charge in [-0.2, -0.15) is 0 Å². The quantitative estimate of drug-likeness (QED) is 0.916. The lowest BCUT2D eigenvalue weighted by Crippen LogP contribution is -2.45. The summed E-state index contributed by atoms with van der Waals surface area (Å²) < 4.78 is 0. The van der Waals surface area contributed by atoms with Gasteiger partial charge in [-0.1, -0.05) is 6.42 Å². The van der Waals surface area contributed by atoms with E-state index in [1.54, 1.807) is 12.4 Å². The van der Waals surface area contributed by atoms with Gasteiger partial charge in [0.05, 0.1) is 12.1 Å². The maximum Gasteiger partial charge on any atom is 0.240 e. The fourth-order valence-corrected chi connectivity index (χ4v) is 3.73. The Morgan fingerprint density at radius 2 is 2.15 bits per heavy atom. The molecule has 2 heterocycles. The molecule has 0 aromatic carbocycles. The number of aromatic nitrogens is 1. The van der Waals surface area contributed by atoms with Crippen molar-refractivity contribution >= 4 is 5.91 Å². The van der Waals surface area contributed by atoms with Crippen molar-refractivity contribution < 1.29 is 4.79 Å². The van der Waals surface area contributed by atoms with Crippen molar-refractivity contribution in [3.63, 3.8) is 0 Å². The summed E-state index contributed by atoms with van der Waals surface area (Å²) in [4.78, 5) is 18.7. The normalized spacial score (nSPS) is 30.0. The first-order valence-corrected chi connectivity index (χ1v) is 7.58. The number of fused-ring (bicyclic) bond motifs is 1. The largest absolute Gasteiger partial charge is 0.338 e. The Balaban J connectivity index is 1.70. The highest BCUT2D eigenvalue weighted by atomic mass is 16.2. The molecule has 1 N–H and O–H groups in total. The van der Waals surface area contributed by atoms with Gasteiger partial charge in [0.15, 0.2) is 0 Å². The predicted molar refractivity (Wildman–Crippen MR) is 78.0 cm³/mol. The molecule has 2 fully saturated rings. The van der Waals surface area contributed by atoms with E-state index in [0.717, 1.165) is 12.1 Å². The summed E-state index contributed by atoms with van der Waals surface area (Å²) in [6.07, 6.45) is 7.33. The summed E-state index contributed by atoms with van der Waals surface area (Å²) in [7, 11) is 1.91. The number of pyridine rings is 1. The van der Waals surface area contributed by atoms with Gasteiger partial charge in [0.25, 0.3) is 0 Å². The molecule has 4 heteroatoms. The lowest BCUT2D eigenvalue weighted by Gasteiger charge is -2.29. The number of likely N-dealkylation sites (N-methyl/N-ethyl adjacent to an activating group) is 1. The Morgan fingerprint density at radius 1 is 1.40 bits per heavy atom. The van der Waals surface area contributed by atoms with E-state index in [1.807, 2.05) is 24.1 Å². The van der Waals surface area contributed by atoms with Gasteiger partial charge < -0.3 is 10.2 Å². The monoisotopic (exact) mass is 273 g/mol. The van der Waals surface area contributed by atoms with Crippen LogP contribution in [0, 0.1) is 11.8 Å². The number of nitrogens with one attached hydrogen (secondary N) is 1. The van der Waals surface area contributed by atoms with E-state index in [1.165, 1.54) is 19.3 Å². The van der Waals surface area contributed by atoms with Crippen LogP contribution in [0.25, 0.3) is 0 Å². The Morgan fingerprint density at radius 3 is 2.90 bits per heavy atom. The van der Waals surface area contributed by atoms with E-state index >= 15 is 0 Å². The summed E-state index contributed by atoms with van der Waals surface area (Å²) in [5.74, 6) is 1.51. The lowest BCUT2D eigenvalue weighted by atomic mass is 9.93. The molecular weight excluding hydrogens is 250 g/mol. The minimum atomic E-state index is 0.0248. The minimum absolute atomic E-state index is 0.0248. The van der Waals surface area contributed by atoms with Gasteiger partial charge in [0.1, 0.15) is 0 Å². The molecule has 0 spiro atoms. The van der Waals surface area contributed by atoms with Crippen LogP contribution in [0.4, 0.5) is 0 Å². The Labute approximate surface area is 120 Å². The second-order valence-electron chi connectivity index (χ2n) is 6.15. The zero-order valence-electron chi connectivity index (χ0n) is 12.2. The molecule has 1 saturated carbocycles. The average molecular weight is 273 g/mol. The van der Waals surface area contributed by atoms with Crippen molar-refractivity contribution in [3.8, 4) is 0 Å². The maximum atomic E-state index is 12.8.